The summed E-state index contributed by atoms with van der Waals surface area (Å²) in [6.07, 6.45) is 3.10. The van der Waals surface area contributed by atoms with Crippen molar-refractivity contribution in [3.05, 3.63) is 94.8 Å². The summed E-state index contributed by atoms with van der Waals surface area (Å²) in [5.74, 6) is 0.784. The minimum atomic E-state index is -0.365. The monoisotopic (exact) mass is 460 g/mol. The van der Waals surface area contributed by atoms with E-state index in [9.17, 15) is 9.18 Å². The summed E-state index contributed by atoms with van der Waals surface area (Å²) in [5, 5.41) is 9.02. The molecule has 0 radical (unpaired) electrons. The van der Waals surface area contributed by atoms with Crippen LogP contribution in [0.25, 0.3) is 6.08 Å². The van der Waals surface area contributed by atoms with Gasteiger partial charge in [-0.3, -0.25) is 4.79 Å². The molecular weight excluding hydrogens is 435 g/mol. The van der Waals surface area contributed by atoms with E-state index in [-0.39, 0.29) is 18.3 Å². The van der Waals surface area contributed by atoms with E-state index in [1.54, 1.807) is 59.5 Å². The Balaban J connectivity index is 1.88. The van der Waals surface area contributed by atoms with E-state index in [0.29, 0.717) is 40.5 Å². The van der Waals surface area contributed by atoms with Crippen LogP contribution in [0.2, 0.25) is 0 Å². The summed E-state index contributed by atoms with van der Waals surface area (Å²) in [6.45, 7) is 0.511. The lowest BCUT2D eigenvalue weighted by Gasteiger charge is -2.22. The number of amides is 1. The highest BCUT2D eigenvalue weighted by Gasteiger charge is 2.15. The number of methoxy groups -OCH3 is 3. The van der Waals surface area contributed by atoms with Gasteiger partial charge in [0.15, 0.2) is 11.5 Å². The normalized spacial score (nSPS) is 10.6. The maximum Gasteiger partial charge on any atom is 0.247 e. The molecule has 0 unspecified atom stereocenters. The summed E-state index contributed by atoms with van der Waals surface area (Å²) in [7, 11) is 4.56. The van der Waals surface area contributed by atoms with Gasteiger partial charge >= 0.3 is 0 Å². The van der Waals surface area contributed by atoms with Gasteiger partial charge in [0.1, 0.15) is 5.82 Å². The number of halogens is 1. The quantitative estimate of drug-likeness (QED) is 0.422. The van der Waals surface area contributed by atoms with E-state index < -0.39 is 0 Å². The fraction of sp³-hybridized carbons (Fsp3) is 0.185. The second-order valence-corrected chi connectivity index (χ2v) is 7.42. The maximum absolute atomic E-state index is 13.7. The van der Waals surface area contributed by atoms with Gasteiger partial charge in [-0.25, -0.2) is 4.39 Å². The van der Waals surface area contributed by atoms with Crippen molar-refractivity contribution in [2.75, 3.05) is 21.3 Å². The highest BCUT2D eigenvalue weighted by atomic mass is 19.1. The predicted molar refractivity (Wildman–Crippen MR) is 127 cm³/mol. The van der Waals surface area contributed by atoms with Gasteiger partial charge in [0.25, 0.3) is 0 Å². The minimum absolute atomic E-state index is 0.218. The highest BCUT2D eigenvalue weighted by Crippen LogP contribution is 2.38. The second kappa shape index (κ2) is 11.5. The number of benzene rings is 3. The van der Waals surface area contributed by atoms with Crippen LogP contribution in [0.1, 0.15) is 22.3 Å². The van der Waals surface area contributed by atoms with Crippen molar-refractivity contribution in [2.24, 2.45) is 0 Å². The van der Waals surface area contributed by atoms with Gasteiger partial charge in [0, 0.05) is 19.2 Å². The Bertz CT molecular complexity index is 1190. The van der Waals surface area contributed by atoms with Crippen molar-refractivity contribution in [3.8, 4) is 23.3 Å². The van der Waals surface area contributed by atoms with Crippen LogP contribution >= 0.6 is 0 Å². The Morgan fingerprint density at radius 2 is 1.59 bits per heavy atom. The average molecular weight is 461 g/mol. The third kappa shape index (κ3) is 6.14. The van der Waals surface area contributed by atoms with Crippen LogP contribution < -0.4 is 14.2 Å². The number of carbonyl (C=O) groups is 1. The Labute approximate surface area is 198 Å². The maximum atomic E-state index is 13.7. The molecular formula is C27H25FN2O4. The van der Waals surface area contributed by atoms with E-state index in [1.165, 1.54) is 39.5 Å². The number of hydrogen-bond donors (Lipinski definition) is 0. The van der Waals surface area contributed by atoms with Crippen molar-refractivity contribution in [1.29, 1.82) is 5.26 Å². The van der Waals surface area contributed by atoms with Crippen LogP contribution in [-0.4, -0.2) is 32.1 Å². The molecule has 6 nitrogen and oxygen atoms in total. The van der Waals surface area contributed by atoms with Gasteiger partial charge in [-0.2, -0.15) is 5.26 Å². The zero-order chi connectivity index (χ0) is 24.5. The molecule has 34 heavy (non-hydrogen) atoms. The molecule has 0 aliphatic heterocycles. The molecule has 0 spiro atoms. The Kier molecular flexibility index (Phi) is 8.25. The number of rotatable bonds is 9. The molecule has 7 heteroatoms. The van der Waals surface area contributed by atoms with Gasteiger partial charge < -0.3 is 19.1 Å². The van der Waals surface area contributed by atoms with Crippen LogP contribution in [0.3, 0.4) is 0 Å². The van der Waals surface area contributed by atoms with Crippen LogP contribution in [0, 0.1) is 17.1 Å². The van der Waals surface area contributed by atoms with Crippen molar-refractivity contribution >= 4 is 12.0 Å². The van der Waals surface area contributed by atoms with Crippen molar-refractivity contribution in [2.45, 2.75) is 13.1 Å². The molecule has 1 amide bonds. The molecule has 0 bridgehead atoms. The molecule has 0 atom stereocenters. The second-order valence-electron chi connectivity index (χ2n) is 7.42. The molecule has 0 saturated heterocycles. The first kappa shape index (κ1) is 24.3. The molecule has 3 aromatic rings. The van der Waals surface area contributed by atoms with Crippen LogP contribution in [0.15, 0.2) is 66.7 Å². The molecule has 0 heterocycles. The van der Waals surface area contributed by atoms with Gasteiger partial charge in [-0.05, 0) is 59.2 Å². The third-order valence-electron chi connectivity index (χ3n) is 5.14. The van der Waals surface area contributed by atoms with E-state index in [0.717, 1.165) is 5.56 Å². The van der Waals surface area contributed by atoms with Gasteiger partial charge in [-0.15, -0.1) is 0 Å². The van der Waals surface area contributed by atoms with Gasteiger partial charge in [0.2, 0.25) is 11.7 Å². The molecule has 3 aromatic carbocycles. The van der Waals surface area contributed by atoms with E-state index in [1.807, 2.05) is 0 Å². The topological polar surface area (TPSA) is 71.8 Å². The first-order chi connectivity index (χ1) is 16.5. The average Bonchev–Trinajstić information content (AvgIpc) is 2.86. The summed E-state index contributed by atoms with van der Waals surface area (Å²) in [5.41, 5.74) is 2.74. The Morgan fingerprint density at radius 1 is 0.941 bits per heavy atom. The minimum Gasteiger partial charge on any atom is -0.493 e. The van der Waals surface area contributed by atoms with E-state index in [4.69, 9.17) is 19.5 Å². The first-order valence-corrected chi connectivity index (χ1v) is 10.5. The number of nitrogens with zero attached hydrogens (tertiary/aromatic N) is 2. The smallest absolute Gasteiger partial charge is 0.247 e. The summed E-state index contributed by atoms with van der Waals surface area (Å²) in [4.78, 5) is 14.8. The molecule has 0 aliphatic rings. The fourth-order valence-corrected chi connectivity index (χ4v) is 3.44. The molecule has 0 saturated carbocycles. The lowest BCUT2D eigenvalue weighted by molar-refractivity contribution is -0.127. The van der Waals surface area contributed by atoms with Crippen molar-refractivity contribution in [1.82, 2.24) is 4.90 Å². The van der Waals surface area contributed by atoms with E-state index in [2.05, 4.69) is 6.07 Å². The lowest BCUT2D eigenvalue weighted by atomic mass is 10.1. The Morgan fingerprint density at radius 3 is 2.15 bits per heavy atom. The SMILES string of the molecule is COc1cc(/C=C\C(=O)N(Cc2ccc(C#N)cc2)Cc2cccc(F)c2)cc(OC)c1OC. The third-order valence-corrected chi connectivity index (χ3v) is 5.14. The summed E-state index contributed by atoms with van der Waals surface area (Å²) in [6, 6.07) is 18.7. The molecule has 3 rings (SSSR count). The van der Waals surface area contributed by atoms with Crippen LogP contribution in [0.4, 0.5) is 4.39 Å². The van der Waals surface area contributed by atoms with Crippen LogP contribution in [0.5, 0.6) is 17.2 Å². The van der Waals surface area contributed by atoms with Gasteiger partial charge in [-0.1, -0.05) is 24.3 Å². The molecule has 0 N–H and O–H groups in total. The Hall–Kier alpha value is -4.31. The number of nitriles is 1. The first-order valence-electron chi connectivity index (χ1n) is 10.5. The summed E-state index contributed by atoms with van der Waals surface area (Å²) < 4.78 is 29.8. The number of hydrogen-bond acceptors (Lipinski definition) is 5. The lowest BCUT2D eigenvalue weighted by Crippen LogP contribution is -2.28. The number of ether oxygens (including phenoxy) is 3. The predicted octanol–water partition coefficient (Wildman–Crippen LogP) is 4.97. The zero-order valence-corrected chi connectivity index (χ0v) is 19.2. The molecule has 174 valence electrons. The van der Waals surface area contributed by atoms with Gasteiger partial charge in [0.05, 0.1) is 33.0 Å². The van der Waals surface area contributed by atoms with Crippen molar-refractivity contribution < 1.29 is 23.4 Å². The fourth-order valence-electron chi connectivity index (χ4n) is 3.44. The van der Waals surface area contributed by atoms with Crippen molar-refractivity contribution in [3.63, 3.8) is 0 Å². The molecule has 0 aliphatic carbocycles. The molecule has 0 fully saturated rings. The summed E-state index contributed by atoms with van der Waals surface area (Å²) >= 11 is 0. The molecule has 0 aromatic heterocycles. The van der Waals surface area contributed by atoms with E-state index >= 15 is 0 Å². The van der Waals surface area contributed by atoms with Crippen LogP contribution in [-0.2, 0) is 17.9 Å². The zero-order valence-electron chi connectivity index (χ0n) is 19.2. The number of carbonyl (C=O) groups excluding carboxylic acids is 1. The standard InChI is InChI=1S/C27H25FN2O4/c1-32-24-14-21(15-25(33-2)27(24)34-3)11-12-26(31)30(18-22-5-4-6-23(28)13-22)17-20-9-7-19(16-29)8-10-20/h4-15H,17-18H2,1-3H3/b12-11-. The highest BCUT2D eigenvalue weighted by molar-refractivity contribution is 5.92. The largest absolute Gasteiger partial charge is 0.493 e.